The predicted molar refractivity (Wildman–Crippen MR) is 65.1 cm³/mol. The summed E-state index contributed by atoms with van der Waals surface area (Å²) >= 11 is 1.31. The van der Waals surface area contributed by atoms with Gasteiger partial charge in [0.05, 0.1) is 0 Å². The van der Waals surface area contributed by atoms with Gasteiger partial charge < -0.3 is 10.3 Å². The molecule has 1 atom stereocenters. The van der Waals surface area contributed by atoms with E-state index in [0.29, 0.717) is 6.04 Å². The van der Waals surface area contributed by atoms with Gasteiger partial charge in [0.2, 0.25) is 0 Å². The Morgan fingerprint density at radius 1 is 1.62 bits per heavy atom. The fourth-order valence-corrected chi connectivity index (χ4v) is 2.50. The number of hydrogen-bond donors (Lipinski definition) is 2. The first-order chi connectivity index (χ1) is 7.70. The molecule has 3 N–H and O–H groups in total. The summed E-state index contributed by atoms with van der Waals surface area (Å²) in [6, 6.07) is 0.654. The van der Waals surface area contributed by atoms with Crippen molar-refractivity contribution in [2.75, 3.05) is 32.6 Å². The molecule has 0 radical (unpaired) electrons. The third kappa shape index (κ3) is 2.49. The van der Waals surface area contributed by atoms with Gasteiger partial charge in [-0.3, -0.25) is 4.90 Å². The number of anilines is 1. The van der Waals surface area contributed by atoms with E-state index in [1.54, 1.807) is 0 Å². The summed E-state index contributed by atoms with van der Waals surface area (Å²) in [4.78, 5) is 4.67. The first-order valence-corrected chi connectivity index (χ1v) is 6.14. The molecule has 1 aromatic heterocycles. The molecule has 16 heavy (non-hydrogen) atoms. The molecule has 0 bridgehead atoms. The summed E-state index contributed by atoms with van der Waals surface area (Å²) in [5.41, 5.74) is 3.59. The molecule has 2 rings (SSSR count). The molecular formula is C9H18N6S. The summed E-state index contributed by atoms with van der Waals surface area (Å²) < 4.78 is 3.90. The molecule has 7 heteroatoms. The van der Waals surface area contributed by atoms with Crippen molar-refractivity contribution in [1.82, 2.24) is 19.4 Å². The van der Waals surface area contributed by atoms with Crippen LogP contribution in [0.2, 0.25) is 0 Å². The first-order valence-electron chi connectivity index (χ1n) is 5.37. The fraction of sp³-hybridized carbons (Fsp3) is 0.778. The summed E-state index contributed by atoms with van der Waals surface area (Å²) in [7, 11) is 4.26. The zero-order chi connectivity index (χ0) is 11.5. The van der Waals surface area contributed by atoms with E-state index in [1.165, 1.54) is 18.0 Å². The molecule has 1 saturated heterocycles. The molecule has 0 spiro atoms. The minimum Gasteiger partial charge on any atom is -0.313 e. The lowest BCUT2D eigenvalue weighted by atomic mass is 10.2. The molecule has 2 heterocycles. The predicted octanol–water partition coefficient (Wildman–Crippen LogP) is -0.0404. The molecule has 1 fully saturated rings. The highest BCUT2D eigenvalue weighted by atomic mass is 32.1. The number of rotatable bonds is 4. The van der Waals surface area contributed by atoms with Crippen molar-refractivity contribution < 1.29 is 0 Å². The smallest absolute Gasteiger partial charge is 0.148 e. The van der Waals surface area contributed by atoms with Crippen LogP contribution < -0.4 is 11.3 Å². The molecule has 1 unspecified atom stereocenters. The maximum Gasteiger partial charge on any atom is 0.148 e. The average Bonchev–Trinajstić information content (AvgIpc) is 2.87. The number of nitrogens with zero attached hydrogens (tertiary/aromatic N) is 4. The van der Waals surface area contributed by atoms with E-state index in [1.807, 2.05) is 0 Å². The van der Waals surface area contributed by atoms with Crippen LogP contribution in [0.5, 0.6) is 0 Å². The van der Waals surface area contributed by atoms with Crippen molar-refractivity contribution in [3.8, 4) is 0 Å². The van der Waals surface area contributed by atoms with E-state index in [0.717, 1.165) is 30.3 Å². The molecule has 0 amide bonds. The van der Waals surface area contributed by atoms with E-state index in [9.17, 15) is 0 Å². The lowest BCUT2D eigenvalue weighted by molar-refractivity contribution is 0.263. The monoisotopic (exact) mass is 242 g/mol. The molecule has 6 nitrogen and oxygen atoms in total. The van der Waals surface area contributed by atoms with Crippen LogP contribution in [0.1, 0.15) is 12.1 Å². The van der Waals surface area contributed by atoms with Crippen molar-refractivity contribution in [3.63, 3.8) is 0 Å². The number of nitrogens with two attached hydrogens (primary N) is 1. The number of likely N-dealkylation sites (tertiary alicyclic amines) is 1. The van der Waals surface area contributed by atoms with Crippen LogP contribution in [-0.2, 0) is 6.54 Å². The Kier molecular flexibility index (Phi) is 3.70. The number of hydrogen-bond acceptors (Lipinski definition) is 7. The SMILES string of the molecule is CN(C)C1CCN(Cc2nnsc2NN)C1. The van der Waals surface area contributed by atoms with Gasteiger partial charge >= 0.3 is 0 Å². The van der Waals surface area contributed by atoms with Crippen LogP contribution in [-0.4, -0.2) is 52.6 Å². The summed E-state index contributed by atoms with van der Waals surface area (Å²) in [6.45, 7) is 3.04. The van der Waals surface area contributed by atoms with Crippen molar-refractivity contribution in [1.29, 1.82) is 0 Å². The molecule has 1 aliphatic heterocycles. The van der Waals surface area contributed by atoms with Gasteiger partial charge in [-0.05, 0) is 20.5 Å². The van der Waals surface area contributed by atoms with Crippen LogP contribution in [0.3, 0.4) is 0 Å². The first kappa shape index (κ1) is 11.7. The number of hydrazine groups is 1. The third-order valence-corrected chi connectivity index (χ3v) is 3.74. The zero-order valence-electron chi connectivity index (χ0n) is 9.68. The van der Waals surface area contributed by atoms with Crippen molar-refractivity contribution in [3.05, 3.63) is 5.69 Å². The summed E-state index contributed by atoms with van der Waals surface area (Å²) in [6.07, 6.45) is 1.22. The standard InChI is InChI=1S/C9H18N6S/c1-14(2)7-3-4-15(5-7)6-8-9(11-10)16-13-12-8/h7,11H,3-6,10H2,1-2H3. The Hall–Kier alpha value is -0.760. The Balaban J connectivity index is 1.92. The highest BCUT2D eigenvalue weighted by Gasteiger charge is 2.25. The van der Waals surface area contributed by atoms with Gasteiger partial charge in [-0.1, -0.05) is 4.49 Å². The molecule has 0 aliphatic carbocycles. The zero-order valence-corrected chi connectivity index (χ0v) is 10.5. The topological polar surface area (TPSA) is 70.3 Å². The fourth-order valence-electron chi connectivity index (χ4n) is 2.01. The Labute approximate surface area is 99.5 Å². The van der Waals surface area contributed by atoms with E-state index in [4.69, 9.17) is 5.84 Å². The molecule has 0 saturated carbocycles. The lowest BCUT2D eigenvalue weighted by Gasteiger charge is -2.19. The Morgan fingerprint density at radius 2 is 2.44 bits per heavy atom. The minimum absolute atomic E-state index is 0.654. The second-order valence-corrected chi connectivity index (χ2v) is 5.09. The maximum atomic E-state index is 5.40. The molecule has 1 aliphatic rings. The van der Waals surface area contributed by atoms with Crippen molar-refractivity contribution >= 4 is 16.5 Å². The van der Waals surface area contributed by atoms with E-state index in [-0.39, 0.29) is 0 Å². The van der Waals surface area contributed by atoms with Crippen LogP contribution in [0.4, 0.5) is 5.00 Å². The quantitative estimate of drug-likeness (QED) is 0.570. The lowest BCUT2D eigenvalue weighted by Crippen LogP contribution is -2.31. The number of aromatic nitrogens is 2. The highest BCUT2D eigenvalue weighted by Crippen LogP contribution is 2.21. The molecular weight excluding hydrogens is 224 g/mol. The van der Waals surface area contributed by atoms with Crippen LogP contribution in [0, 0.1) is 0 Å². The van der Waals surface area contributed by atoms with Gasteiger partial charge in [0.25, 0.3) is 0 Å². The van der Waals surface area contributed by atoms with Gasteiger partial charge in [-0.15, -0.1) is 5.10 Å². The van der Waals surface area contributed by atoms with Crippen LogP contribution >= 0.6 is 11.5 Å². The normalized spacial score (nSPS) is 21.9. The van der Waals surface area contributed by atoms with Gasteiger partial charge in [-0.2, -0.15) is 0 Å². The van der Waals surface area contributed by atoms with Gasteiger partial charge in [-0.25, -0.2) is 5.84 Å². The number of nitrogens with one attached hydrogen (secondary N) is 1. The van der Waals surface area contributed by atoms with E-state index < -0.39 is 0 Å². The van der Waals surface area contributed by atoms with Crippen molar-refractivity contribution in [2.45, 2.75) is 19.0 Å². The van der Waals surface area contributed by atoms with Crippen LogP contribution in [0.15, 0.2) is 0 Å². The Morgan fingerprint density at radius 3 is 3.06 bits per heavy atom. The van der Waals surface area contributed by atoms with Crippen molar-refractivity contribution in [2.24, 2.45) is 5.84 Å². The maximum absolute atomic E-state index is 5.40. The van der Waals surface area contributed by atoms with Gasteiger partial charge in [0.15, 0.2) is 0 Å². The summed E-state index contributed by atoms with van der Waals surface area (Å²) in [5, 5.41) is 4.96. The van der Waals surface area contributed by atoms with Gasteiger partial charge in [0.1, 0.15) is 10.7 Å². The number of likely N-dealkylation sites (N-methyl/N-ethyl adjacent to an activating group) is 1. The third-order valence-electron chi connectivity index (χ3n) is 3.04. The minimum atomic E-state index is 0.654. The highest BCUT2D eigenvalue weighted by molar-refractivity contribution is 7.10. The molecule has 0 aromatic carbocycles. The second-order valence-electron chi connectivity index (χ2n) is 4.33. The summed E-state index contributed by atoms with van der Waals surface area (Å²) in [5.74, 6) is 5.40. The van der Waals surface area contributed by atoms with Crippen LogP contribution in [0.25, 0.3) is 0 Å². The largest absolute Gasteiger partial charge is 0.313 e. The molecule has 1 aromatic rings. The number of nitrogen functional groups attached to an aromatic ring is 1. The Bertz CT molecular complexity index is 338. The van der Waals surface area contributed by atoms with E-state index >= 15 is 0 Å². The van der Waals surface area contributed by atoms with E-state index in [2.05, 4.69) is 38.9 Å². The van der Waals surface area contributed by atoms with Gasteiger partial charge in [0, 0.05) is 37.2 Å². The molecule has 90 valence electrons. The second kappa shape index (κ2) is 5.05. The average molecular weight is 242 g/mol.